The molecule has 4 rings (SSSR count). The molecule has 2 aromatic carbocycles. The molecule has 0 radical (unpaired) electrons. The standard InChI is InChI=1S/C20H17F2N3O3/c21-20(22)7-9-24(10-8-20)18(26)14-3-6-17-16(11-14)23-12-25(17)15-4-1-13(2-5-15)19(27)28/h1-6,11-12H,7-10H2,(H,27,28). The van der Waals surface area contributed by atoms with E-state index in [0.29, 0.717) is 11.1 Å². The van der Waals surface area contributed by atoms with Crippen LogP contribution in [0.15, 0.2) is 48.8 Å². The lowest BCUT2D eigenvalue weighted by molar-refractivity contribution is -0.0494. The Labute approximate surface area is 159 Å². The van der Waals surface area contributed by atoms with E-state index in [1.54, 1.807) is 41.2 Å². The molecular formula is C20H17F2N3O3. The number of aromatic carboxylic acids is 1. The Kier molecular flexibility index (Phi) is 4.33. The molecule has 3 aromatic rings. The van der Waals surface area contributed by atoms with E-state index in [4.69, 9.17) is 5.11 Å². The minimum absolute atomic E-state index is 0.0359. The first-order valence-electron chi connectivity index (χ1n) is 8.82. The zero-order valence-corrected chi connectivity index (χ0v) is 14.8. The summed E-state index contributed by atoms with van der Waals surface area (Å²) >= 11 is 0. The van der Waals surface area contributed by atoms with Gasteiger partial charge in [0.25, 0.3) is 11.8 Å². The molecule has 1 N–H and O–H groups in total. The molecule has 1 aliphatic rings. The van der Waals surface area contributed by atoms with E-state index in [1.165, 1.54) is 17.0 Å². The van der Waals surface area contributed by atoms with Gasteiger partial charge in [-0.05, 0) is 42.5 Å². The average Bonchev–Trinajstić information content (AvgIpc) is 3.10. The minimum atomic E-state index is -2.70. The van der Waals surface area contributed by atoms with E-state index in [9.17, 15) is 18.4 Å². The van der Waals surface area contributed by atoms with Crippen molar-refractivity contribution in [2.75, 3.05) is 13.1 Å². The molecule has 28 heavy (non-hydrogen) atoms. The Balaban J connectivity index is 1.59. The van der Waals surface area contributed by atoms with Gasteiger partial charge < -0.3 is 10.0 Å². The van der Waals surface area contributed by atoms with E-state index < -0.39 is 11.9 Å². The van der Waals surface area contributed by atoms with E-state index in [2.05, 4.69) is 4.98 Å². The van der Waals surface area contributed by atoms with Crippen LogP contribution in [0.5, 0.6) is 0 Å². The first-order chi connectivity index (χ1) is 13.3. The lowest BCUT2D eigenvalue weighted by Gasteiger charge is -2.31. The second-order valence-electron chi connectivity index (χ2n) is 6.82. The van der Waals surface area contributed by atoms with Gasteiger partial charge in [-0.15, -0.1) is 0 Å². The number of fused-ring (bicyclic) bond motifs is 1. The van der Waals surface area contributed by atoms with Gasteiger partial charge in [0.1, 0.15) is 6.33 Å². The number of carbonyl (C=O) groups excluding carboxylic acids is 1. The lowest BCUT2D eigenvalue weighted by atomic mass is 10.1. The van der Waals surface area contributed by atoms with Gasteiger partial charge in [-0.3, -0.25) is 9.36 Å². The van der Waals surface area contributed by atoms with E-state index >= 15 is 0 Å². The number of piperidine rings is 1. The summed E-state index contributed by atoms with van der Waals surface area (Å²) in [7, 11) is 0. The molecule has 0 bridgehead atoms. The van der Waals surface area contributed by atoms with Crippen LogP contribution in [0.1, 0.15) is 33.6 Å². The summed E-state index contributed by atoms with van der Waals surface area (Å²) in [4.78, 5) is 29.4. The molecule has 144 valence electrons. The van der Waals surface area contributed by atoms with Crippen molar-refractivity contribution in [1.82, 2.24) is 14.5 Å². The van der Waals surface area contributed by atoms with Crippen LogP contribution in [0.25, 0.3) is 16.7 Å². The number of imidazole rings is 1. The molecule has 1 aliphatic heterocycles. The van der Waals surface area contributed by atoms with Crippen molar-refractivity contribution in [2.45, 2.75) is 18.8 Å². The lowest BCUT2D eigenvalue weighted by Crippen LogP contribution is -2.42. The molecule has 1 saturated heterocycles. The van der Waals surface area contributed by atoms with Crippen molar-refractivity contribution in [1.29, 1.82) is 0 Å². The number of carboxylic acids is 1. The molecule has 1 fully saturated rings. The maximum atomic E-state index is 13.3. The Hall–Kier alpha value is -3.29. The number of amides is 1. The van der Waals surface area contributed by atoms with Gasteiger partial charge in [-0.25, -0.2) is 18.6 Å². The summed E-state index contributed by atoms with van der Waals surface area (Å²) in [5.41, 5.74) is 2.68. The van der Waals surface area contributed by atoms with Crippen molar-refractivity contribution >= 4 is 22.9 Å². The van der Waals surface area contributed by atoms with Crippen LogP contribution in [-0.2, 0) is 0 Å². The molecule has 8 heteroatoms. The Bertz CT molecular complexity index is 1050. The largest absolute Gasteiger partial charge is 0.478 e. The summed E-state index contributed by atoms with van der Waals surface area (Å²) in [5.74, 6) is -3.98. The molecule has 0 atom stereocenters. The number of carboxylic acid groups (broad SMARTS) is 1. The number of likely N-dealkylation sites (tertiary alicyclic amines) is 1. The van der Waals surface area contributed by atoms with Crippen LogP contribution < -0.4 is 0 Å². The number of carbonyl (C=O) groups is 2. The molecule has 0 aliphatic carbocycles. The van der Waals surface area contributed by atoms with E-state index in [-0.39, 0.29) is 37.4 Å². The summed E-state index contributed by atoms with van der Waals surface area (Å²) in [5, 5.41) is 9.00. The van der Waals surface area contributed by atoms with Crippen molar-refractivity contribution in [3.8, 4) is 5.69 Å². The minimum Gasteiger partial charge on any atom is -0.478 e. The zero-order chi connectivity index (χ0) is 19.9. The molecule has 0 spiro atoms. The smallest absolute Gasteiger partial charge is 0.335 e. The van der Waals surface area contributed by atoms with Gasteiger partial charge in [-0.1, -0.05) is 0 Å². The van der Waals surface area contributed by atoms with E-state index in [0.717, 1.165) is 11.2 Å². The number of aromatic nitrogens is 2. The fourth-order valence-corrected chi connectivity index (χ4v) is 3.34. The molecule has 6 nitrogen and oxygen atoms in total. The summed E-state index contributed by atoms with van der Waals surface area (Å²) in [6.45, 7) is 0.0719. The Morgan fingerprint density at radius 3 is 2.29 bits per heavy atom. The van der Waals surface area contributed by atoms with Crippen LogP contribution in [0.2, 0.25) is 0 Å². The fraction of sp³-hybridized carbons (Fsp3) is 0.250. The van der Waals surface area contributed by atoms with Gasteiger partial charge in [0.15, 0.2) is 0 Å². The highest BCUT2D eigenvalue weighted by Gasteiger charge is 2.35. The van der Waals surface area contributed by atoms with Crippen LogP contribution >= 0.6 is 0 Å². The first kappa shape index (κ1) is 18.1. The van der Waals surface area contributed by atoms with Gasteiger partial charge >= 0.3 is 5.97 Å². The quantitative estimate of drug-likeness (QED) is 0.748. The highest BCUT2D eigenvalue weighted by Crippen LogP contribution is 2.29. The van der Waals surface area contributed by atoms with Crippen LogP contribution in [0.4, 0.5) is 8.78 Å². The number of hydrogen-bond acceptors (Lipinski definition) is 3. The first-order valence-corrected chi connectivity index (χ1v) is 8.82. The van der Waals surface area contributed by atoms with Gasteiger partial charge in [0.2, 0.25) is 0 Å². The van der Waals surface area contributed by atoms with Gasteiger partial charge in [-0.2, -0.15) is 0 Å². The zero-order valence-electron chi connectivity index (χ0n) is 14.8. The SMILES string of the molecule is O=C(O)c1ccc(-n2cnc3cc(C(=O)N4CCC(F)(F)CC4)ccc32)cc1. The summed E-state index contributed by atoms with van der Waals surface area (Å²) < 4.78 is 28.4. The highest BCUT2D eigenvalue weighted by molar-refractivity contribution is 5.97. The van der Waals surface area contributed by atoms with Crippen molar-refractivity contribution < 1.29 is 23.5 Å². The number of hydrogen-bond donors (Lipinski definition) is 1. The van der Waals surface area contributed by atoms with E-state index in [1.807, 2.05) is 0 Å². The second kappa shape index (κ2) is 6.70. The predicted octanol–water partition coefficient (Wildman–Crippen LogP) is 3.60. The second-order valence-corrected chi connectivity index (χ2v) is 6.82. The molecule has 1 amide bonds. The summed E-state index contributed by atoms with van der Waals surface area (Å²) in [6, 6.07) is 11.4. The van der Waals surface area contributed by atoms with Crippen molar-refractivity contribution in [3.63, 3.8) is 0 Å². The normalized spacial score (nSPS) is 16.3. The van der Waals surface area contributed by atoms with Crippen LogP contribution in [0, 0.1) is 0 Å². The number of benzene rings is 2. The third kappa shape index (κ3) is 3.33. The fourth-order valence-electron chi connectivity index (χ4n) is 3.34. The topological polar surface area (TPSA) is 75.4 Å². The number of rotatable bonds is 3. The third-order valence-corrected chi connectivity index (χ3v) is 4.97. The van der Waals surface area contributed by atoms with Crippen molar-refractivity contribution in [3.05, 3.63) is 59.9 Å². The third-order valence-electron chi connectivity index (χ3n) is 4.97. The monoisotopic (exact) mass is 385 g/mol. The summed E-state index contributed by atoms with van der Waals surface area (Å²) in [6.07, 6.45) is 0.958. The van der Waals surface area contributed by atoms with Gasteiger partial charge in [0, 0.05) is 37.2 Å². The maximum Gasteiger partial charge on any atom is 0.335 e. The highest BCUT2D eigenvalue weighted by atomic mass is 19.3. The number of nitrogens with zero attached hydrogens (tertiary/aromatic N) is 3. The molecule has 0 unspecified atom stereocenters. The van der Waals surface area contributed by atoms with Crippen LogP contribution in [0.3, 0.4) is 0 Å². The Morgan fingerprint density at radius 2 is 1.64 bits per heavy atom. The van der Waals surface area contributed by atoms with Crippen molar-refractivity contribution in [2.24, 2.45) is 0 Å². The average molecular weight is 385 g/mol. The molecule has 1 aromatic heterocycles. The Morgan fingerprint density at radius 1 is 1.00 bits per heavy atom. The number of halogens is 2. The maximum absolute atomic E-state index is 13.3. The number of alkyl halides is 2. The molecular weight excluding hydrogens is 368 g/mol. The molecule has 0 saturated carbocycles. The van der Waals surface area contributed by atoms with Gasteiger partial charge in [0.05, 0.1) is 16.6 Å². The molecule has 2 heterocycles. The van der Waals surface area contributed by atoms with Crippen LogP contribution in [-0.4, -0.2) is 50.4 Å². The predicted molar refractivity (Wildman–Crippen MR) is 98.1 cm³/mol.